The zero-order valence-electron chi connectivity index (χ0n) is 7.65. The number of aromatic nitrogens is 1. The Morgan fingerprint density at radius 2 is 2.29 bits per heavy atom. The van der Waals surface area contributed by atoms with E-state index in [2.05, 4.69) is 28.7 Å². The zero-order chi connectivity index (χ0) is 9.97. The van der Waals surface area contributed by atoms with Gasteiger partial charge in [-0.2, -0.15) is 16.6 Å². The van der Waals surface area contributed by atoms with Crippen LogP contribution >= 0.6 is 22.7 Å². The molecule has 0 aliphatic rings. The van der Waals surface area contributed by atoms with E-state index in [0.717, 1.165) is 10.7 Å². The van der Waals surface area contributed by atoms with Gasteiger partial charge in [0.15, 0.2) is 0 Å². The molecule has 2 heterocycles. The first kappa shape index (κ1) is 9.38. The smallest absolute Gasteiger partial charge is 0.124 e. The summed E-state index contributed by atoms with van der Waals surface area (Å²) < 4.78 is 0. The summed E-state index contributed by atoms with van der Waals surface area (Å²) in [7, 11) is 0. The minimum atomic E-state index is 0.402. The van der Waals surface area contributed by atoms with E-state index in [1.165, 1.54) is 11.1 Å². The molecule has 0 aliphatic heterocycles. The van der Waals surface area contributed by atoms with Crippen LogP contribution in [0, 0.1) is 18.3 Å². The second-order valence-corrected chi connectivity index (χ2v) is 4.55. The van der Waals surface area contributed by atoms with Crippen molar-refractivity contribution in [2.75, 3.05) is 0 Å². The van der Waals surface area contributed by atoms with Gasteiger partial charge in [0.1, 0.15) is 5.01 Å². The molecule has 14 heavy (non-hydrogen) atoms. The van der Waals surface area contributed by atoms with E-state index in [0.29, 0.717) is 6.42 Å². The number of nitriles is 1. The van der Waals surface area contributed by atoms with Crippen LogP contribution in [0.15, 0.2) is 16.1 Å². The molecule has 2 nitrogen and oxygen atoms in total. The van der Waals surface area contributed by atoms with Crippen LogP contribution in [0.3, 0.4) is 0 Å². The van der Waals surface area contributed by atoms with Crippen molar-refractivity contribution in [2.45, 2.75) is 13.3 Å². The highest BCUT2D eigenvalue weighted by atomic mass is 32.1. The summed E-state index contributed by atoms with van der Waals surface area (Å²) >= 11 is 3.29. The number of nitrogens with zero attached hydrogens (tertiary/aromatic N) is 2. The Hall–Kier alpha value is -1.18. The number of aryl methyl sites for hydroxylation is 1. The average Bonchev–Trinajstić information content (AvgIpc) is 2.74. The molecule has 0 atom stereocenters. The van der Waals surface area contributed by atoms with E-state index < -0.39 is 0 Å². The third-order valence-electron chi connectivity index (χ3n) is 1.90. The van der Waals surface area contributed by atoms with Gasteiger partial charge < -0.3 is 0 Å². The summed E-state index contributed by atoms with van der Waals surface area (Å²) in [5.41, 5.74) is 3.33. The number of hydrogen-bond donors (Lipinski definition) is 0. The van der Waals surface area contributed by atoms with Gasteiger partial charge in [-0.05, 0) is 17.9 Å². The van der Waals surface area contributed by atoms with Gasteiger partial charge in [-0.15, -0.1) is 11.3 Å². The van der Waals surface area contributed by atoms with Gasteiger partial charge in [-0.1, -0.05) is 0 Å². The van der Waals surface area contributed by atoms with Crippen LogP contribution in [0.2, 0.25) is 0 Å². The predicted molar refractivity (Wildman–Crippen MR) is 59.5 cm³/mol. The maximum absolute atomic E-state index is 8.53. The Kier molecular flexibility index (Phi) is 2.62. The van der Waals surface area contributed by atoms with E-state index in [-0.39, 0.29) is 0 Å². The van der Waals surface area contributed by atoms with E-state index in [4.69, 9.17) is 5.26 Å². The molecule has 4 heteroatoms. The molecule has 0 N–H and O–H groups in total. The SMILES string of the molecule is Cc1cscc1-c1nc(CC#N)cs1. The maximum atomic E-state index is 8.53. The molecular formula is C10H8N2S2. The summed E-state index contributed by atoms with van der Waals surface area (Å²) in [6.45, 7) is 2.08. The Morgan fingerprint density at radius 1 is 1.43 bits per heavy atom. The highest BCUT2D eigenvalue weighted by Crippen LogP contribution is 2.29. The molecule has 0 aromatic carbocycles. The summed E-state index contributed by atoms with van der Waals surface area (Å²) in [5, 5.41) is 15.7. The van der Waals surface area contributed by atoms with Gasteiger partial charge in [0.2, 0.25) is 0 Å². The van der Waals surface area contributed by atoms with Crippen LogP contribution in [0.1, 0.15) is 11.3 Å². The lowest BCUT2D eigenvalue weighted by molar-refractivity contribution is 1.16. The molecule has 2 rings (SSSR count). The van der Waals surface area contributed by atoms with Crippen LogP contribution < -0.4 is 0 Å². The van der Waals surface area contributed by atoms with Crippen molar-refractivity contribution < 1.29 is 0 Å². The standard InChI is InChI=1S/C10H8N2S2/c1-7-4-13-6-9(7)10-12-8(2-3-11)5-14-10/h4-6H,2H2,1H3. The Balaban J connectivity index is 2.35. The largest absolute Gasteiger partial charge is 0.240 e. The average molecular weight is 220 g/mol. The normalized spacial score (nSPS) is 10.0. The number of hydrogen-bond acceptors (Lipinski definition) is 4. The molecule has 70 valence electrons. The molecular weight excluding hydrogens is 212 g/mol. The van der Waals surface area contributed by atoms with Crippen LogP contribution in [0.4, 0.5) is 0 Å². The highest BCUT2D eigenvalue weighted by Gasteiger charge is 2.07. The van der Waals surface area contributed by atoms with Gasteiger partial charge in [-0.25, -0.2) is 4.98 Å². The van der Waals surface area contributed by atoms with Crippen molar-refractivity contribution in [1.82, 2.24) is 4.98 Å². The second-order valence-electron chi connectivity index (χ2n) is 2.95. The summed E-state index contributed by atoms with van der Waals surface area (Å²) in [6, 6.07) is 2.10. The quantitative estimate of drug-likeness (QED) is 0.779. The Labute approximate surface area is 90.5 Å². The molecule has 0 fully saturated rings. The monoisotopic (exact) mass is 220 g/mol. The molecule has 0 saturated heterocycles. The number of thiophene rings is 1. The molecule has 0 unspecified atom stereocenters. The lowest BCUT2D eigenvalue weighted by Gasteiger charge is -1.91. The molecule has 0 bridgehead atoms. The summed E-state index contributed by atoms with van der Waals surface area (Å²) in [6.07, 6.45) is 0.402. The third-order valence-corrected chi connectivity index (χ3v) is 3.68. The van der Waals surface area contributed by atoms with Crippen LogP contribution in [0.25, 0.3) is 10.6 Å². The van der Waals surface area contributed by atoms with E-state index in [1.807, 2.05) is 5.38 Å². The maximum Gasteiger partial charge on any atom is 0.124 e. The lowest BCUT2D eigenvalue weighted by atomic mass is 10.2. The summed E-state index contributed by atoms with van der Waals surface area (Å²) in [4.78, 5) is 4.41. The molecule has 0 aliphatic carbocycles. The first-order valence-electron chi connectivity index (χ1n) is 4.16. The first-order valence-corrected chi connectivity index (χ1v) is 5.98. The van der Waals surface area contributed by atoms with Crippen LogP contribution in [0.5, 0.6) is 0 Å². The van der Waals surface area contributed by atoms with Crippen molar-refractivity contribution in [3.05, 3.63) is 27.4 Å². The fourth-order valence-electron chi connectivity index (χ4n) is 1.17. The number of thiazole rings is 1. The molecule has 2 aromatic rings. The topological polar surface area (TPSA) is 36.7 Å². The van der Waals surface area contributed by atoms with Crippen molar-refractivity contribution in [1.29, 1.82) is 5.26 Å². The number of rotatable bonds is 2. The van der Waals surface area contributed by atoms with Crippen LogP contribution in [-0.2, 0) is 6.42 Å². The van der Waals surface area contributed by atoms with Gasteiger partial charge in [0, 0.05) is 16.3 Å². The van der Waals surface area contributed by atoms with E-state index >= 15 is 0 Å². The minimum absolute atomic E-state index is 0.402. The zero-order valence-corrected chi connectivity index (χ0v) is 9.28. The Morgan fingerprint density at radius 3 is 2.93 bits per heavy atom. The second kappa shape index (κ2) is 3.91. The van der Waals surface area contributed by atoms with Gasteiger partial charge in [0.05, 0.1) is 18.2 Å². The van der Waals surface area contributed by atoms with Crippen molar-refractivity contribution >= 4 is 22.7 Å². The molecule has 0 saturated carbocycles. The molecule has 0 spiro atoms. The molecule has 2 aromatic heterocycles. The van der Waals surface area contributed by atoms with Gasteiger partial charge >= 0.3 is 0 Å². The molecule has 0 radical (unpaired) electrons. The van der Waals surface area contributed by atoms with E-state index in [9.17, 15) is 0 Å². The van der Waals surface area contributed by atoms with Gasteiger partial charge in [0.25, 0.3) is 0 Å². The van der Waals surface area contributed by atoms with Crippen molar-refractivity contribution in [2.24, 2.45) is 0 Å². The predicted octanol–water partition coefficient (Wildman–Crippen LogP) is 3.25. The lowest BCUT2D eigenvalue weighted by Crippen LogP contribution is -1.81. The van der Waals surface area contributed by atoms with Crippen molar-refractivity contribution in [3.63, 3.8) is 0 Å². The van der Waals surface area contributed by atoms with E-state index in [1.54, 1.807) is 22.7 Å². The van der Waals surface area contributed by atoms with Gasteiger partial charge in [-0.3, -0.25) is 0 Å². The third kappa shape index (κ3) is 1.69. The fraction of sp³-hybridized carbons (Fsp3) is 0.200. The Bertz CT molecular complexity index is 476. The summed E-state index contributed by atoms with van der Waals surface area (Å²) in [5.74, 6) is 0. The first-order chi connectivity index (χ1) is 6.81. The minimum Gasteiger partial charge on any atom is -0.240 e. The fourth-order valence-corrected chi connectivity index (χ4v) is 2.98. The highest BCUT2D eigenvalue weighted by molar-refractivity contribution is 7.14. The van der Waals surface area contributed by atoms with Crippen LogP contribution in [-0.4, -0.2) is 4.98 Å². The molecule has 0 amide bonds. The van der Waals surface area contributed by atoms with Crippen molar-refractivity contribution in [3.8, 4) is 16.6 Å².